The predicted molar refractivity (Wildman–Crippen MR) is 122 cm³/mol. The third-order valence-electron chi connectivity index (χ3n) is 5.82. The van der Waals surface area contributed by atoms with Gasteiger partial charge in [-0.05, 0) is 72.9 Å². The third kappa shape index (κ3) is 2.29. The van der Waals surface area contributed by atoms with Gasteiger partial charge in [0.1, 0.15) is 0 Å². The molecule has 6 rings (SSSR count). The summed E-state index contributed by atoms with van der Waals surface area (Å²) in [6.07, 6.45) is 4.53. The Hall–Kier alpha value is -3.16. The first-order valence-corrected chi connectivity index (χ1v) is 11.0. The van der Waals surface area contributed by atoms with Gasteiger partial charge in [0.05, 0.1) is 9.52 Å². The van der Waals surface area contributed by atoms with Crippen LogP contribution in [0.2, 0.25) is 0 Å². The molecule has 5 aromatic carbocycles. The van der Waals surface area contributed by atoms with Crippen LogP contribution in [-0.2, 0) is 0 Å². The van der Waals surface area contributed by atoms with Crippen LogP contribution in [0.15, 0.2) is 96.7 Å². The molecule has 0 fully saturated rings. The zero-order chi connectivity index (χ0) is 17.8. The average molecular weight is 359 g/mol. The van der Waals surface area contributed by atoms with Crippen molar-refractivity contribution in [2.45, 2.75) is 0 Å². The van der Waals surface area contributed by atoms with Crippen LogP contribution in [0.4, 0.5) is 0 Å². The first kappa shape index (κ1) is 14.9. The van der Waals surface area contributed by atoms with Gasteiger partial charge in [-0.1, -0.05) is 77.6 Å². The van der Waals surface area contributed by atoms with Crippen LogP contribution in [0.1, 0.15) is 5.56 Å². The summed E-state index contributed by atoms with van der Waals surface area (Å²) in [5, 5.41) is 12.2. The maximum Gasteiger partial charge on any atom is 0.0791 e. The maximum atomic E-state index is 2.42. The van der Waals surface area contributed by atoms with E-state index in [1.807, 2.05) is 0 Å². The molecule has 0 N–H and O–H groups in total. The molecule has 0 unspecified atom stereocenters. The largest absolute Gasteiger partial charge is 0.0961 e. The first-order chi connectivity index (χ1) is 13.4. The van der Waals surface area contributed by atoms with Gasteiger partial charge in [0.15, 0.2) is 0 Å². The van der Waals surface area contributed by atoms with Crippen LogP contribution >= 0.6 is 0 Å². The van der Waals surface area contributed by atoms with E-state index in [1.165, 1.54) is 48.7 Å². The van der Waals surface area contributed by atoms with E-state index in [0.29, 0.717) is 0 Å². The van der Waals surface area contributed by atoms with Gasteiger partial charge in [-0.2, -0.15) is 0 Å². The zero-order valence-corrected chi connectivity index (χ0v) is 16.4. The van der Waals surface area contributed by atoms with Gasteiger partial charge in [-0.25, -0.2) is 0 Å². The van der Waals surface area contributed by atoms with Gasteiger partial charge in [-0.15, -0.1) is 0 Å². The predicted octanol–water partition coefficient (Wildman–Crippen LogP) is 6.34. The molecular weight excluding hydrogens is 340 g/mol. The molecule has 27 heavy (non-hydrogen) atoms. The molecule has 0 aliphatic carbocycles. The van der Waals surface area contributed by atoms with Crippen molar-refractivity contribution in [3.8, 4) is 0 Å². The summed E-state index contributed by atoms with van der Waals surface area (Å²) in [5.74, 6) is 0. The molecule has 0 aromatic heterocycles. The molecule has 0 nitrogen and oxygen atoms in total. The molecule has 0 saturated carbocycles. The van der Waals surface area contributed by atoms with E-state index in [4.69, 9.17) is 0 Å². The number of hydrogen-bond acceptors (Lipinski definition) is 0. The number of hydrogen-bond donors (Lipinski definition) is 0. The molecule has 0 spiro atoms. The van der Waals surface area contributed by atoms with E-state index >= 15 is 0 Å². The van der Waals surface area contributed by atoms with Crippen LogP contribution in [0, 0.1) is 0 Å². The number of benzene rings is 5. The SMILES string of the molecule is C1=C[SiH2]C(c2cccc3cc4ccc5cc6ccccc6cc5c4cc23)=C1. The lowest BCUT2D eigenvalue weighted by atomic mass is 9.94. The molecule has 0 radical (unpaired) electrons. The number of rotatable bonds is 1. The summed E-state index contributed by atoms with van der Waals surface area (Å²) in [7, 11) is -0.269. The molecule has 0 amide bonds. The third-order valence-corrected chi connectivity index (χ3v) is 7.38. The second kappa shape index (κ2) is 5.67. The Bertz CT molecular complexity index is 1440. The van der Waals surface area contributed by atoms with Crippen molar-refractivity contribution in [2.24, 2.45) is 0 Å². The molecule has 1 heteroatoms. The normalized spacial score (nSPS) is 14.7. The molecule has 0 bridgehead atoms. The van der Waals surface area contributed by atoms with Crippen LogP contribution in [-0.4, -0.2) is 9.52 Å². The Balaban J connectivity index is 1.74. The minimum absolute atomic E-state index is 0.269. The van der Waals surface area contributed by atoms with Crippen molar-refractivity contribution in [3.05, 3.63) is 102 Å². The summed E-state index contributed by atoms with van der Waals surface area (Å²) in [6.45, 7) is 0. The summed E-state index contributed by atoms with van der Waals surface area (Å²) >= 11 is 0. The Morgan fingerprint density at radius 2 is 1.19 bits per heavy atom. The Kier molecular flexibility index (Phi) is 3.14. The lowest BCUT2D eigenvalue weighted by Gasteiger charge is -2.12. The summed E-state index contributed by atoms with van der Waals surface area (Å²) in [6, 6.07) is 29.3. The van der Waals surface area contributed by atoms with E-state index in [1.54, 1.807) is 5.20 Å². The van der Waals surface area contributed by atoms with Gasteiger partial charge < -0.3 is 0 Å². The fourth-order valence-corrected chi connectivity index (χ4v) is 5.78. The van der Waals surface area contributed by atoms with E-state index in [0.717, 1.165) is 0 Å². The van der Waals surface area contributed by atoms with Crippen molar-refractivity contribution in [1.29, 1.82) is 0 Å². The van der Waals surface area contributed by atoms with Crippen LogP contribution < -0.4 is 0 Å². The number of allylic oxidation sites excluding steroid dienone is 2. The lowest BCUT2D eigenvalue weighted by Crippen LogP contribution is -1.91. The zero-order valence-electron chi connectivity index (χ0n) is 14.9. The van der Waals surface area contributed by atoms with Crippen LogP contribution in [0.5, 0.6) is 0 Å². The average Bonchev–Trinajstić information content (AvgIpc) is 3.25. The Labute approximate surface area is 160 Å². The second-order valence-electron chi connectivity index (χ2n) is 7.41. The Morgan fingerprint density at radius 3 is 1.96 bits per heavy atom. The quantitative estimate of drug-likeness (QED) is 0.186. The molecule has 126 valence electrons. The summed E-state index contributed by atoms with van der Waals surface area (Å²) in [4.78, 5) is 0. The topological polar surface area (TPSA) is 0 Å². The lowest BCUT2D eigenvalue weighted by molar-refractivity contribution is 1.73. The standard InChI is InChI=1S/C26H18Si/c1-2-6-18-15-23-20(13-17(18)5-1)10-11-21-14-19-7-3-8-22(24(19)16-25(21)23)26-9-4-12-27-26/h1-16H,27H2. The van der Waals surface area contributed by atoms with Crippen molar-refractivity contribution < 1.29 is 0 Å². The molecular formula is C26H18Si. The van der Waals surface area contributed by atoms with Gasteiger partial charge in [0, 0.05) is 0 Å². The van der Waals surface area contributed by atoms with E-state index in [9.17, 15) is 0 Å². The minimum atomic E-state index is -0.269. The summed E-state index contributed by atoms with van der Waals surface area (Å²) < 4.78 is 0. The van der Waals surface area contributed by atoms with Crippen molar-refractivity contribution in [1.82, 2.24) is 0 Å². The highest BCUT2D eigenvalue weighted by Gasteiger charge is 2.10. The molecule has 1 aliphatic rings. The van der Waals surface area contributed by atoms with Gasteiger partial charge in [-0.3, -0.25) is 0 Å². The molecule has 1 aliphatic heterocycles. The van der Waals surface area contributed by atoms with Crippen LogP contribution in [0.25, 0.3) is 48.3 Å². The van der Waals surface area contributed by atoms with E-state index < -0.39 is 0 Å². The monoisotopic (exact) mass is 358 g/mol. The fourth-order valence-electron chi connectivity index (χ4n) is 4.45. The molecule has 0 atom stereocenters. The highest BCUT2D eigenvalue weighted by Crippen LogP contribution is 2.35. The van der Waals surface area contributed by atoms with Crippen molar-refractivity contribution in [2.75, 3.05) is 0 Å². The number of fused-ring (bicyclic) bond motifs is 5. The van der Waals surface area contributed by atoms with Gasteiger partial charge in [0.2, 0.25) is 0 Å². The van der Waals surface area contributed by atoms with E-state index in [-0.39, 0.29) is 9.52 Å². The minimum Gasteiger partial charge on any atom is -0.0961 e. The highest BCUT2D eigenvalue weighted by molar-refractivity contribution is 6.67. The highest BCUT2D eigenvalue weighted by atomic mass is 28.2. The van der Waals surface area contributed by atoms with Crippen molar-refractivity contribution in [3.63, 3.8) is 0 Å². The Morgan fingerprint density at radius 1 is 0.519 bits per heavy atom. The van der Waals surface area contributed by atoms with Crippen molar-refractivity contribution >= 4 is 57.8 Å². The second-order valence-corrected chi connectivity index (χ2v) is 9.05. The molecule has 5 aromatic rings. The summed E-state index contributed by atoms with van der Waals surface area (Å²) in [5.41, 5.74) is 3.79. The van der Waals surface area contributed by atoms with E-state index in [2.05, 4.69) is 96.7 Å². The fraction of sp³-hybridized carbons (Fsp3) is 0. The van der Waals surface area contributed by atoms with Gasteiger partial charge >= 0.3 is 0 Å². The first-order valence-electron chi connectivity index (χ1n) is 9.51. The molecule has 1 heterocycles. The maximum absolute atomic E-state index is 2.42. The smallest absolute Gasteiger partial charge is 0.0791 e. The van der Waals surface area contributed by atoms with Crippen LogP contribution in [0.3, 0.4) is 0 Å². The van der Waals surface area contributed by atoms with Gasteiger partial charge in [0.25, 0.3) is 0 Å². The molecule has 0 saturated heterocycles.